The Labute approximate surface area is 126 Å². The van der Waals surface area contributed by atoms with Gasteiger partial charge in [-0.05, 0) is 30.3 Å². The maximum absolute atomic E-state index is 12.5. The molecule has 1 heterocycles. The molecule has 0 spiro atoms. The number of rotatable bonds is 2. The molecule has 6 heteroatoms. The Morgan fingerprint density at radius 3 is 2.29 bits per heavy atom. The van der Waals surface area contributed by atoms with Crippen LogP contribution in [0.2, 0.25) is 0 Å². The predicted molar refractivity (Wildman–Crippen MR) is 82.8 cm³/mol. The van der Waals surface area contributed by atoms with Gasteiger partial charge < -0.3 is 9.97 Å². The molecule has 0 saturated carbocycles. The first-order valence-corrected chi connectivity index (χ1v) is 6.91. The van der Waals surface area contributed by atoms with Crippen molar-refractivity contribution in [1.29, 1.82) is 0 Å². The topological polar surface area (TPSA) is 82.8 Å². The Morgan fingerprint density at radius 1 is 0.905 bits per heavy atom. The second-order valence-corrected chi connectivity index (χ2v) is 5.33. The summed E-state index contributed by atoms with van der Waals surface area (Å²) in [6, 6.07) is 11.9. The highest BCUT2D eigenvalue weighted by atomic mass is 79.9. The molecule has 0 bridgehead atoms. The van der Waals surface area contributed by atoms with Crippen LogP contribution in [0.1, 0.15) is 15.9 Å². The molecule has 21 heavy (non-hydrogen) atoms. The van der Waals surface area contributed by atoms with Crippen LogP contribution in [0.5, 0.6) is 0 Å². The zero-order valence-electron chi connectivity index (χ0n) is 10.6. The molecule has 0 aliphatic carbocycles. The molecule has 0 aliphatic heterocycles. The first-order chi connectivity index (χ1) is 10.1. The number of H-pyrrole nitrogens is 2. The number of hydrogen-bond donors (Lipinski definition) is 2. The van der Waals surface area contributed by atoms with Crippen molar-refractivity contribution in [3.8, 4) is 0 Å². The summed E-state index contributed by atoms with van der Waals surface area (Å²) < 4.78 is 0.699. The van der Waals surface area contributed by atoms with Gasteiger partial charge in [-0.3, -0.25) is 14.4 Å². The Kier molecular flexibility index (Phi) is 3.31. The van der Waals surface area contributed by atoms with E-state index in [-0.39, 0.29) is 5.78 Å². The summed E-state index contributed by atoms with van der Waals surface area (Å²) in [6.45, 7) is 0. The number of aromatic amines is 2. The summed E-state index contributed by atoms with van der Waals surface area (Å²) in [6.07, 6.45) is 0. The Morgan fingerprint density at radius 2 is 1.57 bits per heavy atom. The molecule has 2 aromatic carbocycles. The van der Waals surface area contributed by atoms with E-state index in [0.29, 0.717) is 26.6 Å². The number of carbonyl (C=O) groups excluding carboxylic acids is 1. The highest BCUT2D eigenvalue weighted by Crippen LogP contribution is 2.20. The predicted octanol–water partition coefficient (Wildman–Crippen LogP) is 2.21. The molecule has 104 valence electrons. The number of hydrogen-bond acceptors (Lipinski definition) is 3. The van der Waals surface area contributed by atoms with Crippen molar-refractivity contribution < 1.29 is 4.79 Å². The maximum Gasteiger partial charge on any atom is 0.314 e. The normalized spacial score (nSPS) is 10.7. The average molecular weight is 345 g/mol. The molecule has 0 unspecified atom stereocenters. The number of halogens is 1. The van der Waals surface area contributed by atoms with Crippen LogP contribution in [-0.4, -0.2) is 15.8 Å². The van der Waals surface area contributed by atoms with Gasteiger partial charge in [0.1, 0.15) is 0 Å². The molecule has 0 aliphatic rings. The van der Waals surface area contributed by atoms with Crippen LogP contribution in [0.3, 0.4) is 0 Å². The summed E-state index contributed by atoms with van der Waals surface area (Å²) in [5, 5.41) is 0. The van der Waals surface area contributed by atoms with E-state index in [1.807, 2.05) is 6.07 Å². The van der Waals surface area contributed by atoms with Crippen molar-refractivity contribution in [3.63, 3.8) is 0 Å². The summed E-state index contributed by atoms with van der Waals surface area (Å²) in [7, 11) is 0. The lowest BCUT2D eigenvalue weighted by Gasteiger charge is -2.05. The van der Waals surface area contributed by atoms with Gasteiger partial charge >= 0.3 is 11.1 Å². The van der Waals surface area contributed by atoms with Crippen molar-refractivity contribution in [3.05, 3.63) is 78.8 Å². The van der Waals surface area contributed by atoms with Gasteiger partial charge in [0, 0.05) is 15.6 Å². The number of carbonyl (C=O) groups is 1. The number of nitrogens with one attached hydrogen (secondary N) is 2. The zero-order chi connectivity index (χ0) is 15.0. The fourth-order valence-corrected chi connectivity index (χ4v) is 2.52. The minimum atomic E-state index is -0.743. The van der Waals surface area contributed by atoms with E-state index in [9.17, 15) is 14.4 Å². The first kappa shape index (κ1) is 13.5. The first-order valence-electron chi connectivity index (χ1n) is 6.12. The molecule has 5 nitrogen and oxygen atoms in total. The van der Waals surface area contributed by atoms with E-state index >= 15 is 0 Å². The SMILES string of the molecule is O=C(c1ccc2[nH]c(=O)c(=O)[nH]c2c1)c1ccccc1Br. The fourth-order valence-electron chi connectivity index (χ4n) is 2.06. The van der Waals surface area contributed by atoms with Crippen LogP contribution in [0.25, 0.3) is 11.0 Å². The van der Waals surface area contributed by atoms with E-state index in [4.69, 9.17) is 0 Å². The molecule has 0 fully saturated rings. The average Bonchev–Trinajstić information content (AvgIpc) is 2.48. The molecule has 3 rings (SSSR count). The molecule has 3 aromatic rings. The van der Waals surface area contributed by atoms with Crippen molar-refractivity contribution in [1.82, 2.24) is 9.97 Å². The van der Waals surface area contributed by atoms with E-state index in [0.717, 1.165) is 0 Å². The summed E-state index contributed by atoms with van der Waals surface area (Å²) >= 11 is 3.34. The summed E-state index contributed by atoms with van der Waals surface area (Å²) in [5.41, 5.74) is 0.391. The molecule has 0 amide bonds. The molecule has 0 radical (unpaired) electrons. The van der Waals surface area contributed by atoms with Gasteiger partial charge in [0.25, 0.3) is 0 Å². The lowest BCUT2D eigenvalue weighted by molar-refractivity contribution is 0.103. The van der Waals surface area contributed by atoms with Crippen LogP contribution in [-0.2, 0) is 0 Å². The molecular weight excluding hydrogens is 336 g/mol. The van der Waals surface area contributed by atoms with Gasteiger partial charge in [-0.1, -0.05) is 28.1 Å². The van der Waals surface area contributed by atoms with Crippen LogP contribution >= 0.6 is 15.9 Å². The highest BCUT2D eigenvalue weighted by Gasteiger charge is 2.13. The second-order valence-electron chi connectivity index (χ2n) is 4.48. The number of fused-ring (bicyclic) bond motifs is 1. The van der Waals surface area contributed by atoms with Crippen LogP contribution in [0.4, 0.5) is 0 Å². The number of ketones is 1. The monoisotopic (exact) mass is 344 g/mol. The molecule has 0 atom stereocenters. The zero-order valence-corrected chi connectivity index (χ0v) is 12.2. The third-order valence-electron chi connectivity index (χ3n) is 3.10. The minimum Gasteiger partial charge on any atom is -0.316 e. The van der Waals surface area contributed by atoms with Crippen LogP contribution < -0.4 is 11.1 Å². The van der Waals surface area contributed by atoms with E-state index in [1.165, 1.54) is 0 Å². The standard InChI is InChI=1S/C15H9BrN2O3/c16-10-4-2-1-3-9(10)13(19)8-5-6-11-12(7-8)18-15(21)14(20)17-11/h1-7H,(H,17,20)(H,18,21). The molecule has 0 saturated heterocycles. The number of benzene rings is 2. The van der Waals surface area contributed by atoms with E-state index < -0.39 is 11.1 Å². The molecular formula is C15H9BrN2O3. The molecule has 1 aromatic heterocycles. The van der Waals surface area contributed by atoms with Crippen molar-refractivity contribution >= 4 is 32.7 Å². The largest absolute Gasteiger partial charge is 0.316 e. The van der Waals surface area contributed by atoms with Gasteiger partial charge in [-0.15, -0.1) is 0 Å². The van der Waals surface area contributed by atoms with Crippen molar-refractivity contribution in [2.24, 2.45) is 0 Å². The van der Waals surface area contributed by atoms with Crippen molar-refractivity contribution in [2.45, 2.75) is 0 Å². The van der Waals surface area contributed by atoms with Crippen LogP contribution in [0.15, 0.2) is 56.5 Å². The third-order valence-corrected chi connectivity index (χ3v) is 3.79. The van der Waals surface area contributed by atoms with Gasteiger partial charge in [0.15, 0.2) is 5.78 Å². The number of aromatic nitrogens is 2. The van der Waals surface area contributed by atoms with Gasteiger partial charge in [0.05, 0.1) is 11.0 Å². The Balaban J connectivity index is 2.15. The lowest BCUT2D eigenvalue weighted by atomic mass is 10.0. The van der Waals surface area contributed by atoms with Gasteiger partial charge in [-0.2, -0.15) is 0 Å². The Bertz CT molecular complexity index is 972. The summed E-state index contributed by atoms with van der Waals surface area (Å²) in [5.74, 6) is -0.170. The summed E-state index contributed by atoms with van der Waals surface area (Å²) in [4.78, 5) is 40.0. The van der Waals surface area contributed by atoms with E-state index in [2.05, 4.69) is 25.9 Å². The quantitative estimate of drug-likeness (QED) is 0.552. The second kappa shape index (κ2) is 5.14. The lowest BCUT2D eigenvalue weighted by Crippen LogP contribution is -2.28. The van der Waals surface area contributed by atoms with E-state index in [1.54, 1.807) is 36.4 Å². The fraction of sp³-hybridized carbons (Fsp3) is 0. The third kappa shape index (κ3) is 2.45. The molecule has 2 N–H and O–H groups in total. The van der Waals surface area contributed by atoms with Gasteiger partial charge in [0.2, 0.25) is 0 Å². The Hall–Kier alpha value is -2.47. The minimum absolute atomic E-state index is 0.170. The van der Waals surface area contributed by atoms with Crippen molar-refractivity contribution in [2.75, 3.05) is 0 Å². The smallest absolute Gasteiger partial charge is 0.314 e. The van der Waals surface area contributed by atoms with Gasteiger partial charge in [-0.25, -0.2) is 0 Å². The maximum atomic E-state index is 12.5. The van der Waals surface area contributed by atoms with Crippen LogP contribution in [0, 0.1) is 0 Å². The highest BCUT2D eigenvalue weighted by molar-refractivity contribution is 9.10.